The molecule has 11 heteroatoms. The molecule has 2 heterocycles. The third kappa shape index (κ3) is 10.3. The summed E-state index contributed by atoms with van der Waals surface area (Å²) in [6.45, 7) is 0. The van der Waals surface area contributed by atoms with Crippen LogP contribution in [0.2, 0.25) is 0 Å². The molecule has 2 aromatic heterocycles. The first-order chi connectivity index (χ1) is 16.3. The van der Waals surface area contributed by atoms with Crippen LogP contribution in [0.1, 0.15) is 20.7 Å². The Labute approximate surface area is 253 Å². The van der Waals surface area contributed by atoms with Crippen molar-refractivity contribution < 1.29 is 61.9 Å². The zero-order valence-corrected chi connectivity index (χ0v) is 26.2. The number of carbonyl (C=O) groups is 2. The van der Waals surface area contributed by atoms with Gasteiger partial charge in [-0.1, -0.05) is 80.4 Å². The van der Waals surface area contributed by atoms with E-state index in [1.807, 2.05) is 12.1 Å². The van der Waals surface area contributed by atoms with Crippen molar-refractivity contribution >= 4 is 65.6 Å². The molecule has 0 N–H and O–H groups in total. The van der Waals surface area contributed by atoms with Crippen molar-refractivity contribution in [2.45, 2.75) is 0 Å². The monoisotopic (exact) mass is 848 g/mol. The number of rotatable bonds is 2. The molecule has 3 aromatic carbocycles. The Morgan fingerprint density at radius 3 is 1.27 bits per heavy atom. The Morgan fingerprint density at radius 2 is 0.973 bits per heavy atom. The number of carboxylic acids is 2. The fourth-order valence-corrected chi connectivity index (χ4v) is 3.71. The Bertz CT molecular complexity index is 1360. The molecule has 0 aliphatic carbocycles. The van der Waals surface area contributed by atoms with Crippen LogP contribution in [0.25, 0.3) is 21.8 Å². The fraction of sp³-hybridized carbons (Fsp3) is 0. The van der Waals surface area contributed by atoms with Gasteiger partial charge in [0.1, 0.15) is 0 Å². The minimum Gasteiger partial charge on any atom is -2.00 e. The summed E-state index contributed by atoms with van der Waals surface area (Å²) in [6, 6.07) is 24.9. The number of pyridine rings is 2. The van der Waals surface area contributed by atoms with Crippen molar-refractivity contribution in [3.8, 4) is 0 Å². The molecule has 5 aromatic rings. The summed E-state index contributed by atoms with van der Waals surface area (Å²) in [5, 5.41) is 22.7. The number of aromatic carboxylic acids is 2. The molecule has 0 aliphatic rings. The molecule has 0 unspecified atom stereocenters. The molecule has 0 radical (unpaired) electrons. The van der Waals surface area contributed by atoms with Crippen LogP contribution in [0.4, 0.5) is 0 Å². The molecule has 0 fully saturated rings. The van der Waals surface area contributed by atoms with Crippen molar-refractivity contribution in [3.05, 3.63) is 117 Å². The van der Waals surface area contributed by atoms with Crippen LogP contribution in [-0.2, 0) is 11.0 Å². The van der Waals surface area contributed by atoms with Crippen LogP contribution in [0.5, 0.6) is 0 Å². The third-order valence-corrected chi connectivity index (χ3v) is 5.45. The van der Waals surface area contributed by atoms with Gasteiger partial charge in [0.2, 0.25) is 0 Å². The first kappa shape index (κ1) is 34.4. The Morgan fingerprint density at radius 1 is 0.595 bits per heavy atom. The van der Waals surface area contributed by atoms with E-state index in [-0.39, 0.29) is 53.2 Å². The summed E-state index contributed by atoms with van der Waals surface area (Å²) in [5.74, 6) is -2.30. The molecule has 0 saturated heterocycles. The van der Waals surface area contributed by atoms with E-state index >= 15 is 0 Å². The van der Waals surface area contributed by atoms with E-state index in [2.05, 4.69) is 66.1 Å². The molecule has 0 spiro atoms. The molecule has 0 amide bonds. The number of hydrogen-bond donors (Lipinski definition) is 0. The van der Waals surface area contributed by atoms with E-state index in [0.29, 0.717) is 0 Å². The summed E-state index contributed by atoms with van der Waals surface area (Å²) in [7, 11) is 0. The fourth-order valence-electron chi connectivity index (χ4n) is 2.91. The van der Waals surface area contributed by atoms with Gasteiger partial charge >= 0.3 is 0 Å². The van der Waals surface area contributed by atoms with Crippen molar-refractivity contribution in [3.63, 3.8) is 0 Å². The number of carboxylic acid groups (broad SMARTS) is 2. The summed E-state index contributed by atoms with van der Waals surface area (Å²) >= 11 is 6.28. The van der Waals surface area contributed by atoms with Crippen molar-refractivity contribution in [1.82, 2.24) is 9.97 Å². The van der Waals surface area contributed by atoms with E-state index in [9.17, 15) is 19.8 Å². The minimum atomic E-state index is -1.15. The number of fused-ring (bicyclic) bond motifs is 3. The number of nitrogens with zero attached hydrogens (tertiary/aromatic N) is 2. The summed E-state index contributed by atoms with van der Waals surface area (Å²) in [5.41, 5.74) is 2.33. The molecular weight excluding hydrogens is 834 g/mol. The van der Waals surface area contributed by atoms with Gasteiger partial charge in [0.25, 0.3) is 0 Å². The second-order valence-corrected chi connectivity index (χ2v) is 8.64. The van der Waals surface area contributed by atoms with Gasteiger partial charge in [-0.25, -0.2) is 0 Å². The van der Waals surface area contributed by atoms with E-state index in [1.165, 1.54) is 24.3 Å². The first-order valence-corrected chi connectivity index (χ1v) is 11.5. The van der Waals surface area contributed by atoms with E-state index < -0.39 is 11.9 Å². The van der Waals surface area contributed by atoms with Gasteiger partial charge in [0, 0.05) is 63.2 Å². The van der Waals surface area contributed by atoms with Gasteiger partial charge in [-0.2, -0.15) is 0 Å². The minimum absolute atomic E-state index is 0. The number of aromatic nitrogens is 2. The SMILES string of the molecule is O=C([O-])c1cccc(Br)c1.O=C([O-])c1cccc(Br)c1.[O-2].[O-2].[U].c1cnc2c(c1)ccc1cccnc12. The predicted octanol–water partition coefficient (Wildman–Crippen LogP) is 4.17. The van der Waals surface area contributed by atoms with Gasteiger partial charge in [0.05, 0.1) is 23.0 Å². The van der Waals surface area contributed by atoms with Gasteiger partial charge in [0.15, 0.2) is 0 Å². The van der Waals surface area contributed by atoms with Crippen LogP contribution in [0.15, 0.2) is 106 Å². The maximum absolute atomic E-state index is 10.2. The summed E-state index contributed by atoms with van der Waals surface area (Å²) in [6.07, 6.45) is 3.60. The molecule has 8 nitrogen and oxygen atoms in total. The van der Waals surface area contributed by atoms with Gasteiger partial charge in [-0.15, -0.1) is 0 Å². The van der Waals surface area contributed by atoms with E-state index in [1.54, 1.807) is 36.7 Å². The number of carbonyl (C=O) groups excluding carboxylic acids is 2. The van der Waals surface area contributed by atoms with Crippen LogP contribution in [0, 0.1) is 31.1 Å². The quantitative estimate of drug-likeness (QED) is 0.242. The molecule has 37 heavy (non-hydrogen) atoms. The van der Waals surface area contributed by atoms with Crippen LogP contribution in [-0.4, -0.2) is 21.9 Å². The Hall–Kier alpha value is -2.65. The smallest absolute Gasteiger partial charge is 0.0964 e. The standard InChI is InChI=1S/C12H8N2.2C7H5BrO2.2O.U/c1-3-9-5-6-10-4-2-8-14-12(10)11(9)13-7-1;2*8-6-3-1-2-5(4-6)7(9)10;;;/h1-8H;2*1-4H,(H,9,10);;;/q;;;2*-2;/p-2. The molecule has 0 saturated carbocycles. The van der Waals surface area contributed by atoms with Crippen molar-refractivity contribution in [2.24, 2.45) is 0 Å². The molecule has 0 aliphatic heterocycles. The molecule has 190 valence electrons. The molecule has 5 rings (SSSR count). The van der Waals surface area contributed by atoms with Gasteiger partial charge in [-0.05, 0) is 47.5 Å². The Kier molecular flexibility index (Phi) is 15.8. The second kappa shape index (κ2) is 17.0. The molecular formula is C26H16Br2N2O6U-6. The van der Waals surface area contributed by atoms with E-state index in [4.69, 9.17) is 0 Å². The van der Waals surface area contributed by atoms with Crippen LogP contribution >= 0.6 is 31.9 Å². The van der Waals surface area contributed by atoms with Crippen LogP contribution in [0.3, 0.4) is 0 Å². The maximum Gasteiger partial charge on any atom is 0.0964 e. The topological polar surface area (TPSA) is 163 Å². The van der Waals surface area contributed by atoms with E-state index in [0.717, 1.165) is 30.8 Å². The third-order valence-electron chi connectivity index (χ3n) is 4.47. The molecule has 0 bridgehead atoms. The number of hydrogen-bond acceptors (Lipinski definition) is 6. The van der Waals surface area contributed by atoms with Crippen molar-refractivity contribution in [2.75, 3.05) is 0 Å². The average Bonchev–Trinajstić information content (AvgIpc) is 2.85. The maximum atomic E-state index is 10.2. The summed E-state index contributed by atoms with van der Waals surface area (Å²) in [4.78, 5) is 29.1. The van der Waals surface area contributed by atoms with Gasteiger partial charge < -0.3 is 30.8 Å². The predicted molar refractivity (Wildman–Crippen MR) is 135 cm³/mol. The van der Waals surface area contributed by atoms with Crippen LogP contribution < -0.4 is 10.2 Å². The normalized spacial score (nSPS) is 9.14. The average molecular weight is 850 g/mol. The largest absolute Gasteiger partial charge is 2.00 e. The Balaban J connectivity index is 0.000000517. The number of halogens is 2. The van der Waals surface area contributed by atoms with Crippen molar-refractivity contribution in [1.29, 1.82) is 0 Å². The second-order valence-electron chi connectivity index (χ2n) is 6.81. The zero-order valence-electron chi connectivity index (χ0n) is 18.8. The first-order valence-electron chi connectivity index (χ1n) is 9.87. The molecule has 0 atom stereocenters. The van der Waals surface area contributed by atoms with Gasteiger partial charge in [-0.3, -0.25) is 9.97 Å². The zero-order chi connectivity index (χ0) is 24.5. The summed E-state index contributed by atoms with van der Waals surface area (Å²) < 4.78 is 1.49. The number of benzene rings is 3.